The van der Waals surface area contributed by atoms with Gasteiger partial charge in [-0.25, -0.2) is 4.98 Å². The van der Waals surface area contributed by atoms with Gasteiger partial charge in [0.05, 0.1) is 11.8 Å². The van der Waals surface area contributed by atoms with Crippen LogP contribution in [0, 0.1) is 5.41 Å². The molecule has 2 heterocycles. The summed E-state index contributed by atoms with van der Waals surface area (Å²) in [5.74, 6) is 1.28. The Hall–Kier alpha value is -1.24. The molecule has 1 aliphatic heterocycles. The standard InChI is InChI=1S/C16H23N3O3/c20-13-8-12(16(13)3-5-22-6-4-16)17-9-11-7-14(21)19-15(18-11)10-1-2-10/h7,10,12-13,17,20H,1-6,8-9H2,(H,18,19,21)/t12-,13-/m1/s1. The van der Waals surface area contributed by atoms with Gasteiger partial charge in [-0.2, -0.15) is 0 Å². The third-order valence-electron chi connectivity index (χ3n) is 5.55. The van der Waals surface area contributed by atoms with E-state index in [1.165, 1.54) is 0 Å². The molecule has 1 spiro atoms. The fourth-order valence-electron chi connectivity index (χ4n) is 3.88. The van der Waals surface area contributed by atoms with E-state index in [0.717, 1.165) is 56.8 Å². The predicted molar refractivity (Wildman–Crippen MR) is 80.6 cm³/mol. The Morgan fingerprint density at radius 3 is 2.86 bits per heavy atom. The zero-order valence-corrected chi connectivity index (χ0v) is 12.7. The molecule has 22 heavy (non-hydrogen) atoms. The van der Waals surface area contributed by atoms with Crippen molar-refractivity contribution in [3.63, 3.8) is 0 Å². The van der Waals surface area contributed by atoms with E-state index in [9.17, 15) is 9.90 Å². The lowest BCUT2D eigenvalue weighted by atomic mass is 9.58. The average molecular weight is 305 g/mol. The summed E-state index contributed by atoms with van der Waals surface area (Å²) in [6.07, 6.45) is 4.60. The van der Waals surface area contributed by atoms with Crippen LogP contribution < -0.4 is 10.9 Å². The highest BCUT2D eigenvalue weighted by atomic mass is 16.5. The Morgan fingerprint density at radius 2 is 2.18 bits per heavy atom. The van der Waals surface area contributed by atoms with Crippen molar-refractivity contribution in [2.75, 3.05) is 13.2 Å². The van der Waals surface area contributed by atoms with Crippen molar-refractivity contribution >= 4 is 0 Å². The van der Waals surface area contributed by atoms with E-state index >= 15 is 0 Å². The smallest absolute Gasteiger partial charge is 0.251 e. The molecule has 0 radical (unpaired) electrons. The van der Waals surface area contributed by atoms with Crippen molar-refractivity contribution in [3.8, 4) is 0 Å². The van der Waals surface area contributed by atoms with Crippen LogP contribution in [0.2, 0.25) is 0 Å². The van der Waals surface area contributed by atoms with Crippen LogP contribution in [-0.2, 0) is 11.3 Å². The Labute approximate surface area is 129 Å². The molecular formula is C16H23N3O3. The Morgan fingerprint density at radius 1 is 1.41 bits per heavy atom. The molecule has 2 saturated carbocycles. The van der Waals surface area contributed by atoms with Crippen LogP contribution in [0.4, 0.5) is 0 Å². The molecule has 6 nitrogen and oxygen atoms in total. The first kappa shape index (κ1) is 14.4. The van der Waals surface area contributed by atoms with Crippen LogP contribution in [0.3, 0.4) is 0 Å². The van der Waals surface area contributed by atoms with E-state index in [1.807, 2.05) is 0 Å². The first-order valence-electron chi connectivity index (χ1n) is 8.27. The normalized spacial score (nSPS) is 30.2. The fourth-order valence-corrected chi connectivity index (χ4v) is 3.88. The molecule has 3 fully saturated rings. The minimum atomic E-state index is -0.233. The SMILES string of the molecule is O=c1cc(CN[C@@H]2C[C@@H](O)C23CCOCC3)nc(C2CC2)[nH]1. The third kappa shape index (κ3) is 2.49. The van der Waals surface area contributed by atoms with E-state index in [1.54, 1.807) is 6.07 Å². The first-order valence-corrected chi connectivity index (χ1v) is 8.27. The quantitative estimate of drug-likeness (QED) is 0.761. The molecule has 2 atom stereocenters. The van der Waals surface area contributed by atoms with Gasteiger partial charge in [0.25, 0.3) is 5.56 Å². The Balaban J connectivity index is 1.43. The Bertz CT molecular complexity index is 605. The van der Waals surface area contributed by atoms with Gasteiger partial charge in [0, 0.05) is 43.2 Å². The number of hydrogen-bond acceptors (Lipinski definition) is 5. The highest BCUT2D eigenvalue weighted by molar-refractivity contribution is 5.12. The van der Waals surface area contributed by atoms with E-state index in [4.69, 9.17) is 4.74 Å². The molecule has 1 aromatic rings. The van der Waals surface area contributed by atoms with E-state index in [2.05, 4.69) is 15.3 Å². The summed E-state index contributed by atoms with van der Waals surface area (Å²) in [6, 6.07) is 1.86. The van der Waals surface area contributed by atoms with Gasteiger partial charge >= 0.3 is 0 Å². The zero-order chi connectivity index (χ0) is 15.2. The van der Waals surface area contributed by atoms with Gasteiger partial charge in [-0.15, -0.1) is 0 Å². The van der Waals surface area contributed by atoms with E-state index < -0.39 is 0 Å². The van der Waals surface area contributed by atoms with Crippen molar-refractivity contribution < 1.29 is 9.84 Å². The number of rotatable bonds is 4. The van der Waals surface area contributed by atoms with Crippen LogP contribution in [0.1, 0.15) is 49.5 Å². The second-order valence-electron chi connectivity index (χ2n) is 6.93. The molecule has 120 valence electrons. The molecule has 0 amide bonds. The number of nitrogens with zero attached hydrogens (tertiary/aromatic N) is 1. The lowest BCUT2D eigenvalue weighted by Crippen LogP contribution is -2.64. The number of H-pyrrole nitrogens is 1. The molecule has 0 unspecified atom stereocenters. The molecular weight excluding hydrogens is 282 g/mol. The topological polar surface area (TPSA) is 87.2 Å². The summed E-state index contributed by atoms with van der Waals surface area (Å²) in [5, 5.41) is 13.7. The van der Waals surface area contributed by atoms with Crippen LogP contribution in [0.15, 0.2) is 10.9 Å². The van der Waals surface area contributed by atoms with Crippen molar-refractivity contribution in [3.05, 3.63) is 27.9 Å². The van der Waals surface area contributed by atoms with Crippen LogP contribution in [0.5, 0.6) is 0 Å². The summed E-state index contributed by atoms with van der Waals surface area (Å²) in [6.45, 7) is 2.04. The number of nitrogens with one attached hydrogen (secondary N) is 2. The van der Waals surface area contributed by atoms with E-state index in [-0.39, 0.29) is 23.1 Å². The molecule has 2 aliphatic carbocycles. The maximum Gasteiger partial charge on any atom is 0.251 e. The molecule has 0 aromatic carbocycles. The monoisotopic (exact) mass is 305 g/mol. The zero-order valence-electron chi connectivity index (χ0n) is 12.7. The number of ether oxygens (including phenoxy) is 1. The highest BCUT2D eigenvalue weighted by Crippen LogP contribution is 2.49. The molecule has 4 rings (SSSR count). The van der Waals surface area contributed by atoms with Gasteiger partial charge in [0.1, 0.15) is 5.82 Å². The Kier molecular flexibility index (Phi) is 3.55. The van der Waals surface area contributed by atoms with Gasteiger partial charge in [-0.3, -0.25) is 4.79 Å². The maximum atomic E-state index is 11.7. The van der Waals surface area contributed by atoms with Crippen molar-refractivity contribution in [2.24, 2.45) is 5.41 Å². The largest absolute Gasteiger partial charge is 0.392 e. The lowest BCUT2D eigenvalue weighted by molar-refractivity contribution is -0.149. The average Bonchev–Trinajstić information content (AvgIpc) is 3.36. The fraction of sp³-hybridized carbons (Fsp3) is 0.750. The lowest BCUT2D eigenvalue weighted by Gasteiger charge is -2.56. The molecule has 3 aliphatic rings. The summed E-state index contributed by atoms with van der Waals surface area (Å²) in [4.78, 5) is 19.2. The minimum Gasteiger partial charge on any atom is -0.392 e. The summed E-state index contributed by atoms with van der Waals surface area (Å²) in [5.41, 5.74) is 0.691. The van der Waals surface area contributed by atoms with Gasteiger partial charge in [-0.1, -0.05) is 0 Å². The second-order valence-corrected chi connectivity index (χ2v) is 6.93. The molecule has 1 saturated heterocycles. The summed E-state index contributed by atoms with van der Waals surface area (Å²) in [7, 11) is 0. The molecule has 6 heteroatoms. The number of aromatic amines is 1. The molecule has 0 bridgehead atoms. The number of hydrogen-bond donors (Lipinski definition) is 3. The number of aliphatic hydroxyl groups excluding tert-OH is 1. The van der Waals surface area contributed by atoms with Gasteiger partial charge in [0.2, 0.25) is 0 Å². The van der Waals surface area contributed by atoms with Crippen LogP contribution in [0.25, 0.3) is 0 Å². The summed E-state index contributed by atoms with van der Waals surface area (Å²) >= 11 is 0. The van der Waals surface area contributed by atoms with Crippen LogP contribution >= 0.6 is 0 Å². The predicted octanol–water partition coefficient (Wildman–Crippen LogP) is 0.667. The second kappa shape index (κ2) is 5.44. The van der Waals surface area contributed by atoms with Crippen LogP contribution in [-0.4, -0.2) is 40.4 Å². The van der Waals surface area contributed by atoms with Crippen molar-refractivity contribution in [2.45, 2.75) is 56.7 Å². The van der Waals surface area contributed by atoms with Crippen molar-refractivity contribution in [1.29, 1.82) is 0 Å². The molecule has 3 N–H and O–H groups in total. The third-order valence-corrected chi connectivity index (χ3v) is 5.55. The molecule has 1 aromatic heterocycles. The van der Waals surface area contributed by atoms with Crippen molar-refractivity contribution in [1.82, 2.24) is 15.3 Å². The summed E-state index contributed by atoms with van der Waals surface area (Å²) < 4.78 is 5.43. The van der Waals surface area contributed by atoms with Gasteiger partial charge < -0.3 is 20.1 Å². The van der Waals surface area contributed by atoms with E-state index in [0.29, 0.717) is 12.5 Å². The highest BCUT2D eigenvalue weighted by Gasteiger charge is 2.54. The maximum absolute atomic E-state index is 11.7. The minimum absolute atomic E-state index is 0.0429. The first-order chi connectivity index (χ1) is 10.7. The number of aliphatic hydroxyl groups is 1. The van der Waals surface area contributed by atoms with Gasteiger partial charge in [-0.05, 0) is 32.1 Å². The number of aromatic nitrogens is 2. The van der Waals surface area contributed by atoms with Gasteiger partial charge in [0.15, 0.2) is 0 Å².